The molecule has 2 aromatic carbocycles. The van der Waals surface area contributed by atoms with Crippen molar-refractivity contribution in [3.63, 3.8) is 0 Å². The van der Waals surface area contributed by atoms with Gasteiger partial charge in [0.05, 0.1) is 7.11 Å². The molecular weight excluding hydrogens is 324 g/mol. The van der Waals surface area contributed by atoms with E-state index in [4.69, 9.17) is 20.9 Å². The van der Waals surface area contributed by atoms with Crippen molar-refractivity contribution in [2.24, 2.45) is 11.5 Å². The molecule has 0 amide bonds. The lowest BCUT2D eigenvalue weighted by Crippen LogP contribution is -2.11. The molecule has 2 aromatic rings. The Hall–Kier alpha value is -1.75. The van der Waals surface area contributed by atoms with E-state index in [1.54, 1.807) is 7.11 Å². The fraction of sp³-hybridized carbons (Fsp3) is 0.368. The highest BCUT2D eigenvalue weighted by Gasteiger charge is 2.11. The van der Waals surface area contributed by atoms with E-state index in [9.17, 15) is 0 Å². The fourth-order valence-electron chi connectivity index (χ4n) is 2.45. The zero-order chi connectivity index (χ0) is 16.5. The van der Waals surface area contributed by atoms with Crippen molar-refractivity contribution in [1.82, 2.24) is 0 Å². The van der Waals surface area contributed by atoms with Gasteiger partial charge in [0.2, 0.25) is 0 Å². The summed E-state index contributed by atoms with van der Waals surface area (Å²) in [7, 11) is 1.64. The third-order valence-corrected chi connectivity index (χ3v) is 3.82. The van der Waals surface area contributed by atoms with Crippen LogP contribution in [0.1, 0.15) is 36.4 Å². The monoisotopic (exact) mass is 350 g/mol. The van der Waals surface area contributed by atoms with Gasteiger partial charge in [-0.2, -0.15) is 0 Å². The van der Waals surface area contributed by atoms with Crippen LogP contribution in [0.5, 0.6) is 11.5 Å². The third kappa shape index (κ3) is 6.04. The Bertz CT molecular complexity index is 593. The first-order valence-corrected chi connectivity index (χ1v) is 8.05. The maximum absolute atomic E-state index is 6.27. The molecular formula is C19H27ClN2O2. The number of benzene rings is 2. The van der Waals surface area contributed by atoms with Gasteiger partial charge in [0.15, 0.2) is 11.5 Å². The van der Waals surface area contributed by atoms with Crippen molar-refractivity contribution >= 4 is 12.4 Å². The van der Waals surface area contributed by atoms with Crippen LogP contribution in [0.4, 0.5) is 0 Å². The Labute approximate surface area is 150 Å². The quantitative estimate of drug-likeness (QED) is 0.674. The van der Waals surface area contributed by atoms with Gasteiger partial charge < -0.3 is 20.9 Å². The zero-order valence-electron chi connectivity index (χ0n) is 14.1. The Morgan fingerprint density at radius 1 is 1.00 bits per heavy atom. The molecule has 24 heavy (non-hydrogen) atoms. The summed E-state index contributed by atoms with van der Waals surface area (Å²) in [6, 6.07) is 16.0. The second kappa shape index (κ2) is 10.9. The normalized spacial score (nSPS) is 11.5. The van der Waals surface area contributed by atoms with Crippen molar-refractivity contribution < 1.29 is 9.47 Å². The Morgan fingerprint density at radius 3 is 2.42 bits per heavy atom. The minimum Gasteiger partial charge on any atom is -0.493 e. The van der Waals surface area contributed by atoms with Crippen molar-refractivity contribution in [2.45, 2.75) is 31.9 Å². The van der Waals surface area contributed by atoms with E-state index in [0.717, 1.165) is 41.9 Å². The first kappa shape index (κ1) is 20.3. The number of hydrogen-bond acceptors (Lipinski definition) is 4. The molecule has 4 N–H and O–H groups in total. The van der Waals surface area contributed by atoms with Crippen molar-refractivity contribution in [1.29, 1.82) is 0 Å². The summed E-state index contributed by atoms with van der Waals surface area (Å²) in [5, 5.41) is 0. The molecule has 0 aliphatic rings. The summed E-state index contributed by atoms with van der Waals surface area (Å²) in [6.07, 6.45) is 2.95. The van der Waals surface area contributed by atoms with Crippen LogP contribution in [0.25, 0.3) is 0 Å². The van der Waals surface area contributed by atoms with E-state index in [0.29, 0.717) is 13.2 Å². The van der Waals surface area contributed by atoms with Gasteiger partial charge in [0.25, 0.3) is 0 Å². The molecule has 0 saturated heterocycles. The van der Waals surface area contributed by atoms with Crippen LogP contribution in [0.3, 0.4) is 0 Å². The van der Waals surface area contributed by atoms with Crippen LogP contribution in [-0.2, 0) is 6.61 Å². The number of unbranched alkanes of at least 4 members (excludes halogenated alkanes) is 1. The second-order valence-electron chi connectivity index (χ2n) is 5.58. The SMILES string of the molecule is COc1ccc([C@@H](N)CCCCN)cc1OCc1ccccc1.Cl. The summed E-state index contributed by atoms with van der Waals surface area (Å²) in [5.74, 6) is 1.45. The standard InChI is InChI=1S/C19H26N2O2.ClH/c1-22-18-11-10-16(17(21)9-5-6-12-20)13-19(18)23-14-15-7-3-2-4-8-15;/h2-4,7-8,10-11,13,17H,5-6,9,12,14,20-21H2,1H3;1H/t17-;/m0./s1. The topological polar surface area (TPSA) is 70.5 Å². The molecule has 5 heteroatoms. The van der Waals surface area contributed by atoms with Gasteiger partial charge >= 0.3 is 0 Å². The fourth-order valence-corrected chi connectivity index (χ4v) is 2.45. The second-order valence-corrected chi connectivity index (χ2v) is 5.58. The molecule has 0 saturated carbocycles. The van der Waals surface area contributed by atoms with E-state index < -0.39 is 0 Å². The lowest BCUT2D eigenvalue weighted by Gasteiger charge is -2.16. The highest BCUT2D eigenvalue weighted by Crippen LogP contribution is 2.31. The molecule has 0 radical (unpaired) electrons. The first-order chi connectivity index (χ1) is 11.2. The van der Waals surface area contributed by atoms with Crippen LogP contribution in [0, 0.1) is 0 Å². The Morgan fingerprint density at radius 2 is 1.75 bits per heavy atom. The number of methoxy groups -OCH3 is 1. The summed E-state index contributed by atoms with van der Waals surface area (Å²) in [4.78, 5) is 0. The highest BCUT2D eigenvalue weighted by molar-refractivity contribution is 5.85. The van der Waals surface area contributed by atoms with Crippen LogP contribution in [0.15, 0.2) is 48.5 Å². The maximum atomic E-state index is 6.27. The number of ether oxygens (including phenoxy) is 2. The van der Waals surface area contributed by atoms with Gasteiger partial charge in [-0.05, 0) is 42.6 Å². The summed E-state index contributed by atoms with van der Waals surface area (Å²) in [6.45, 7) is 1.21. The molecule has 0 bridgehead atoms. The molecule has 0 fully saturated rings. The van der Waals surface area contributed by atoms with Gasteiger partial charge in [-0.15, -0.1) is 12.4 Å². The predicted octanol–water partition coefficient (Wildman–Crippen LogP) is 3.82. The molecule has 0 unspecified atom stereocenters. The number of nitrogens with two attached hydrogens (primary N) is 2. The molecule has 0 heterocycles. The molecule has 4 nitrogen and oxygen atoms in total. The number of hydrogen-bond donors (Lipinski definition) is 2. The molecule has 0 aromatic heterocycles. The van der Waals surface area contributed by atoms with E-state index in [1.807, 2.05) is 48.5 Å². The average Bonchev–Trinajstić information content (AvgIpc) is 2.60. The summed E-state index contributed by atoms with van der Waals surface area (Å²) >= 11 is 0. The lowest BCUT2D eigenvalue weighted by atomic mass is 10.0. The minimum absolute atomic E-state index is 0. The van der Waals surface area contributed by atoms with Crippen LogP contribution >= 0.6 is 12.4 Å². The predicted molar refractivity (Wildman–Crippen MR) is 101 cm³/mol. The number of rotatable bonds is 9. The van der Waals surface area contributed by atoms with Crippen LogP contribution in [0.2, 0.25) is 0 Å². The Kier molecular flexibility index (Phi) is 9.23. The van der Waals surface area contributed by atoms with Crippen molar-refractivity contribution in [3.05, 3.63) is 59.7 Å². The summed E-state index contributed by atoms with van der Waals surface area (Å²) < 4.78 is 11.3. The van der Waals surface area contributed by atoms with Crippen molar-refractivity contribution in [3.8, 4) is 11.5 Å². The van der Waals surface area contributed by atoms with E-state index in [2.05, 4.69) is 0 Å². The largest absolute Gasteiger partial charge is 0.493 e. The van der Waals surface area contributed by atoms with Gasteiger partial charge in [0, 0.05) is 6.04 Å². The minimum atomic E-state index is -0.00784. The smallest absolute Gasteiger partial charge is 0.161 e. The zero-order valence-corrected chi connectivity index (χ0v) is 14.9. The molecule has 0 aliphatic heterocycles. The number of halogens is 1. The molecule has 0 aliphatic carbocycles. The summed E-state index contributed by atoms with van der Waals surface area (Å²) in [5.41, 5.74) is 14.0. The van der Waals surface area contributed by atoms with E-state index >= 15 is 0 Å². The van der Waals surface area contributed by atoms with Gasteiger partial charge in [-0.3, -0.25) is 0 Å². The van der Waals surface area contributed by atoms with Crippen LogP contribution in [-0.4, -0.2) is 13.7 Å². The van der Waals surface area contributed by atoms with Gasteiger partial charge in [-0.25, -0.2) is 0 Å². The highest BCUT2D eigenvalue weighted by atomic mass is 35.5. The first-order valence-electron chi connectivity index (χ1n) is 8.05. The maximum Gasteiger partial charge on any atom is 0.161 e. The van der Waals surface area contributed by atoms with E-state index in [-0.39, 0.29) is 18.4 Å². The lowest BCUT2D eigenvalue weighted by molar-refractivity contribution is 0.284. The van der Waals surface area contributed by atoms with Crippen molar-refractivity contribution in [2.75, 3.05) is 13.7 Å². The molecule has 132 valence electrons. The van der Waals surface area contributed by atoms with Crippen LogP contribution < -0.4 is 20.9 Å². The average molecular weight is 351 g/mol. The Balaban J connectivity index is 0.00000288. The molecule has 0 spiro atoms. The third-order valence-electron chi connectivity index (χ3n) is 3.82. The van der Waals surface area contributed by atoms with Gasteiger partial charge in [-0.1, -0.05) is 42.8 Å². The van der Waals surface area contributed by atoms with Gasteiger partial charge in [0.1, 0.15) is 6.61 Å². The molecule has 1 atom stereocenters. The van der Waals surface area contributed by atoms with E-state index in [1.165, 1.54) is 0 Å². The molecule has 2 rings (SSSR count).